The summed E-state index contributed by atoms with van der Waals surface area (Å²) in [4.78, 5) is 0. The van der Waals surface area contributed by atoms with Gasteiger partial charge in [-0.3, -0.25) is 4.72 Å². The van der Waals surface area contributed by atoms with Gasteiger partial charge in [-0.25, -0.2) is 8.42 Å². The summed E-state index contributed by atoms with van der Waals surface area (Å²) >= 11 is 7.14. The summed E-state index contributed by atoms with van der Waals surface area (Å²) in [6, 6.07) is 3.36. The first kappa shape index (κ1) is 14.0. The molecule has 1 aliphatic rings. The fourth-order valence-electron chi connectivity index (χ4n) is 2.26. The number of nitrogens with zero attached hydrogens (tertiary/aromatic N) is 2. The van der Waals surface area contributed by atoms with Gasteiger partial charge in [0.25, 0.3) is 0 Å². The number of nitrogens with one attached hydrogen (secondary N) is 2. The van der Waals surface area contributed by atoms with Gasteiger partial charge in [0, 0.05) is 0 Å². The third kappa shape index (κ3) is 2.60. The highest BCUT2D eigenvalue weighted by Crippen LogP contribution is 2.31. The van der Waals surface area contributed by atoms with E-state index in [0.717, 1.165) is 11.7 Å². The van der Waals surface area contributed by atoms with Gasteiger partial charge in [0.05, 0.1) is 27.7 Å². The number of piperidine rings is 1. The molecule has 1 aromatic heterocycles. The first-order valence-electron chi connectivity index (χ1n) is 6.21. The van der Waals surface area contributed by atoms with Crippen molar-refractivity contribution in [2.75, 3.05) is 17.8 Å². The van der Waals surface area contributed by atoms with Crippen LogP contribution in [0, 0.1) is 0 Å². The van der Waals surface area contributed by atoms with Crippen LogP contribution in [0.3, 0.4) is 0 Å². The maximum absolute atomic E-state index is 12.4. The minimum Gasteiger partial charge on any atom is -0.317 e. The van der Waals surface area contributed by atoms with Crippen LogP contribution < -0.4 is 10.0 Å². The van der Waals surface area contributed by atoms with E-state index in [-0.39, 0.29) is 0 Å². The molecule has 9 heteroatoms. The van der Waals surface area contributed by atoms with Crippen molar-refractivity contribution in [2.45, 2.75) is 18.1 Å². The van der Waals surface area contributed by atoms with Crippen molar-refractivity contribution < 1.29 is 8.42 Å². The Hall–Kier alpha value is -0.960. The van der Waals surface area contributed by atoms with Crippen LogP contribution in [-0.4, -0.2) is 35.5 Å². The van der Waals surface area contributed by atoms with Crippen molar-refractivity contribution >= 4 is 50.1 Å². The molecule has 2 heterocycles. The quantitative estimate of drug-likeness (QED) is 0.896. The zero-order valence-electron chi connectivity index (χ0n) is 10.5. The Balaban J connectivity index is 1.96. The Labute approximate surface area is 125 Å². The number of hydrogen-bond donors (Lipinski definition) is 2. The summed E-state index contributed by atoms with van der Waals surface area (Å²) < 4.78 is 35.7. The lowest BCUT2D eigenvalue weighted by Crippen LogP contribution is -2.38. The van der Waals surface area contributed by atoms with Crippen LogP contribution in [0.15, 0.2) is 12.1 Å². The second-order valence-electron chi connectivity index (χ2n) is 4.65. The summed E-state index contributed by atoms with van der Waals surface area (Å²) in [5, 5.41) is 3.08. The van der Waals surface area contributed by atoms with Gasteiger partial charge in [0.2, 0.25) is 10.0 Å². The zero-order valence-corrected chi connectivity index (χ0v) is 12.9. The maximum Gasteiger partial charge on any atom is 0.235 e. The third-order valence-corrected chi connectivity index (χ3v) is 6.04. The topological polar surface area (TPSA) is 84.0 Å². The third-order valence-electron chi connectivity index (χ3n) is 3.35. The van der Waals surface area contributed by atoms with Gasteiger partial charge < -0.3 is 5.32 Å². The molecule has 1 aliphatic heterocycles. The van der Waals surface area contributed by atoms with E-state index in [9.17, 15) is 8.42 Å². The number of anilines is 1. The molecule has 0 amide bonds. The Bertz CT molecular complexity index is 725. The SMILES string of the molecule is O=S(=O)(Nc1c(Cl)ccc2nsnc12)C1CCNCC1. The van der Waals surface area contributed by atoms with E-state index >= 15 is 0 Å². The van der Waals surface area contributed by atoms with Crippen LogP contribution in [0.2, 0.25) is 5.02 Å². The fourth-order valence-corrected chi connectivity index (χ4v) is 4.57. The van der Waals surface area contributed by atoms with Crippen molar-refractivity contribution in [3.63, 3.8) is 0 Å². The van der Waals surface area contributed by atoms with E-state index in [0.29, 0.717) is 47.7 Å². The predicted octanol–water partition coefficient (Wildman–Crippen LogP) is 1.84. The van der Waals surface area contributed by atoms with Gasteiger partial charge in [-0.05, 0) is 38.1 Å². The van der Waals surface area contributed by atoms with Crippen LogP contribution in [0.25, 0.3) is 11.0 Å². The Morgan fingerprint density at radius 3 is 2.80 bits per heavy atom. The number of aromatic nitrogens is 2. The average Bonchev–Trinajstić information content (AvgIpc) is 2.92. The number of benzene rings is 1. The van der Waals surface area contributed by atoms with Gasteiger partial charge in [-0.15, -0.1) is 0 Å². The molecular formula is C11H13ClN4O2S2. The highest BCUT2D eigenvalue weighted by atomic mass is 35.5. The van der Waals surface area contributed by atoms with Crippen molar-refractivity contribution in [2.24, 2.45) is 0 Å². The molecule has 0 aliphatic carbocycles. The van der Waals surface area contributed by atoms with Gasteiger partial charge in [0.15, 0.2) is 0 Å². The van der Waals surface area contributed by atoms with Crippen molar-refractivity contribution in [3.05, 3.63) is 17.2 Å². The molecule has 20 heavy (non-hydrogen) atoms. The first-order valence-corrected chi connectivity index (χ1v) is 8.86. The lowest BCUT2D eigenvalue weighted by molar-refractivity contribution is 0.499. The summed E-state index contributed by atoms with van der Waals surface area (Å²) in [7, 11) is -3.47. The minimum atomic E-state index is -3.47. The number of sulfonamides is 1. The number of halogens is 1. The Kier molecular flexibility index (Phi) is 3.80. The number of hydrogen-bond acceptors (Lipinski definition) is 6. The standard InChI is InChI=1S/C11H13ClN4O2S2/c12-8-1-2-9-11(15-19-14-9)10(8)16-20(17,18)7-3-5-13-6-4-7/h1-2,7,13,16H,3-6H2. The summed E-state index contributed by atoms with van der Waals surface area (Å²) in [6.07, 6.45) is 1.19. The largest absolute Gasteiger partial charge is 0.317 e. The van der Waals surface area contributed by atoms with E-state index in [1.165, 1.54) is 0 Å². The van der Waals surface area contributed by atoms with Crippen LogP contribution in [0.4, 0.5) is 5.69 Å². The Morgan fingerprint density at radius 1 is 1.30 bits per heavy atom. The molecule has 2 N–H and O–H groups in total. The van der Waals surface area contributed by atoms with Gasteiger partial charge in [-0.1, -0.05) is 11.6 Å². The predicted molar refractivity (Wildman–Crippen MR) is 80.9 cm³/mol. The average molecular weight is 333 g/mol. The number of fused-ring (bicyclic) bond motifs is 1. The van der Waals surface area contributed by atoms with Gasteiger partial charge in [-0.2, -0.15) is 8.75 Å². The van der Waals surface area contributed by atoms with Gasteiger partial charge >= 0.3 is 0 Å². The molecule has 1 fully saturated rings. The molecule has 3 rings (SSSR count). The van der Waals surface area contributed by atoms with E-state index < -0.39 is 15.3 Å². The van der Waals surface area contributed by atoms with Crippen LogP contribution in [-0.2, 0) is 10.0 Å². The fraction of sp³-hybridized carbons (Fsp3) is 0.455. The molecule has 1 aromatic carbocycles. The first-order chi connectivity index (χ1) is 9.58. The van der Waals surface area contributed by atoms with Crippen LogP contribution >= 0.6 is 23.3 Å². The second-order valence-corrected chi connectivity index (χ2v) is 7.55. The van der Waals surface area contributed by atoms with Crippen molar-refractivity contribution in [1.29, 1.82) is 0 Å². The molecule has 0 atom stereocenters. The molecule has 0 spiro atoms. The normalized spacial score (nSPS) is 17.4. The Morgan fingerprint density at radius 2 is 2.05 bits per heavy atom. The monoisotopic (exact) mass is 332 g/mol. The van der Waals surface area contributed by atoms with Gasteiger partial charge in [0.1, 0.15) is 11.0 Å². The number of rotatable bonds is 3. The van der Waals surface area contributed by atoms with E-state index in [4.69, 9.17) is 11.6 Å². The second kappa shape index (κ2) is 5.44. The molecule has 0 saturated carbocycles. The lowest BCUT2D eigenvalue weighted by Gasteiger charge is -2.23. The van der Waals surface area contributed by atoms with E-state index in [2.05, 4.69) is 18.8 Å². The van der Waals surface area contributed by atoms with Crippen molar-refractivity contribution in [3.8, 4) is 0 Å². The molecular weight excluding hydrogens is 320 g/mol. The smallest absolute Gasteiger partial charge is 0.235 e. The highest BCUT2D eigenvalue weighted by Gasteiger charge is 2.28. The lowest BCUT2D eigenvalue weighted by atomic mass is 10.2. The molecule has 6 nitrogen and oxygen atoms in total. The highest BCUT2D eigenvalue weighted by molar-refractivity contribution is 7.93. The van der Waals surface area contributed by atoms with E-state index in [1.54, 1.807) is 12.1 Å². The summed E-state index contributed by atoms with van der Waals surface area (Å²) in [5.41, 5.74) is 1.47. The van der Waals surface area contributed by atoms with Crippen LogP contribution in [0.5, 0.6) is 0 Å². The summed E-state index contributed by atoms with van der Waals surface area (Å²) in [5.74, 6) is 0. The van der Waals surface area contributed by atoms with Crippen LogP contribution in [0.1, 0.15) is 12.8 Å². The zero-order chi connectivity index (χ0) is 14.2. The molecule has 0 radical (unpaired) electrons. The minimum absolute atomic E-state index is 0.330. The van der Waals surface area contributed by atoms with Crippen molar-refractivity contribution in [1.82, 2.24) is 14.1 Å². The van der Waals surface area contributed by atoms with E-state index in [1.807, 2.05) is 0 Å². The molecule has 0 bridgehead atoms. The molecule has 108 valence electrons. The molecule has 2 aromatic rings. The molecule has 0 unspecified atom stereocenters. The maximum atomic E-state index is 12.4. The molecule has 1 saturated heterocycles. The summed E-state index contributed by atoms with van der Waals surface area (Å²) in [6.45, 7) is 1.42.